The molecule has 6 nitrogen and oxygen atoms in total. The van der Waals surface area contributed by atoms with Gasteiger partial charge in [0.05, 0.1) is 0 Å². The molecule has 152 valence electrons. The molecular formula is C22H30N2O4. The number of hydrogen-bond acceptors (Lipinski definition) is 4. The summed E-state index contributed by atoms with van der Waals surface area (Å²) < 4.78 is 5.17. The quantitative estimate of drug-likeness (QED) is 0.565. The Morgan fingerprint density at radius 1 is 1.07 bits per heavy atom. The van der Waals surface area contributed by atoms with Gasteiger partial charge in [0.2, 0.25) is 0 Å². The third kappa shape index (κ3) is 7.56. The molecule has 0 saturated heterocycles. The van der Waals surface area contributed by atoms with Crippen LogP contribution >= 0.6 is 0 Å². The molecule has 2 aromatic carbocycles. The molecule has 0 aliphatic heterocycles. The lowest BCUT2D eigenvalue weighted by molar-refractivity contribution is -0.139. The van der Waals surface area contributed by atoms with Gasteiger partial charge in [-0.3, -0.25) is 4.79 Å². The lowest BCUT2D eigenvalue weighted by Gasteiger charge is -2.19. The minimum Gasteiger partial charge on any atom is -0.480 e. The smallest absolute Gasteiger partial charge is 0.407 e. The second-order valence-corrected chi connectivity index (χ2v) is 7.88. The van der Waals surface area contributed by atoms with Gasteiger partial charge in [-0.05, 0) is 62.4 Å². The SMILES string of the molecule is CC(C)(C)OC(=O)NCCCCC(NCc1ccc2ccccc2c1)C(=O)O. The third-order valence-electron chi connectivity index (χ3n) is 4.25. The summed E-state index contributed by atoms with van der Waals surface area (Å²) in [5, 5.41) is 17.6. The van der Waals surface area contributed by atoms with Crippen LogP contribution in [0.25, 0.3) is 10.8 Å². The van der Waals surface area contributed by atoms with Crippen molar-refractivity contribution in [3.63, 3.8) is 0 Å². The first-order valence-electron chi connectivity index (χ1n) is 9.65. The highest BCUT2D eigenvalue weighted by Crippen LogP contribution is 2.16. The highest BCUT2D eigenvalue weighted by atomic mass is 16.6. The first kappa shape index (κ1) is 21.7. The Morgan fingerprint density at radius 2 is 1.79 bits per heavy atom. The van der Waals surface area contributed by atoms with Gasteiger partial charge in [-0.2, -0.15) is 0 Å². The van der Waals surface area contributed by atoms with E-state index in [0.717, 1.165) is 10.9 Å². The summed E-state index contributed by atoms with van der Waals surface area (Å²) in [6, 6.07) is 13.6. The summed E-state index contributed by atoms with van der Waals surface area (Å²) in [5.41, 5.74) is 0.530. The molecule has 0 aliphatic rings. The van der Waals surface area contributed by atoms with E-state index >= 15 is 0 Å². The van der Waals surface area contributed by atoms with Crippen LogP contribution in [0.15, 0.2) is 42.5 Å². The number of hydrogen-bond donors (Lipinski definition) is 3. The first-order chi connectivity index (χ1) is 13.2. The van der Waals surface area contributed by atoms with Crippen LogP contribution in [0.2, 0.25) is 0 Å². The fourth-order valence-electron chi connectivity index (χ4n) is 2.88. The predicted octanol–water partition coefficient (Wildman–Crippen LogP) is 4.08. The van der Waals surface area contributed by atoms with Crippen LogP contribution in [0.3, 0.4) is 0 Å². The Balaban J connectivity index is 1.74. The van der Waals surface area contributed by atoms with Crippen LogP contribution in [0, 0.1) is 0 Å². The van der Waals surface area contributed by atoms with E-state index in [4.69, 9.17) is 4.74 Å². The molecule has 3 N–H and O–H groups in total. The maximum atomic E-state index is 11.6. The van der Waals surface area contributed by atoms with E-state index in [9.17, 15) is 14.7 Å². The normalized spacial score (nSPS) is 12.5. The number of nitrogens with one attached hydrogen (secondary N) is 2. The summed E-state index contributed by atoms with van der Waals surface area (Å²) in [5.74, 6) is -0.860. The summed E-state index contributed by atoms with van der Waals surface area (Å²) in [4.78, 5) is 23.1. The Hall–Kier alpha value is -2.60. The average molecular weight is 386 g/mol. The molecule has 0 saturated carbocycles. The highest BCUT2D eigenvalue weighted by molar-refractivity contribution is 5.83. The standard InChI is InChI=1S/C22H30N2O4/c1-22(2,3)28-21(27)23-13-7-6-10-19(20(25)26)24-15-16-11-12-17-8-4-5-9-18(17)14-16/h4-5,8-9,11-12,14,19,24H,6-7,10,13,15H2,1-3H3,(H,23,27)(H,25,26). The molecule has 1 amide bonds. The van der Waals surface area contributed by atoms with Crippen LogP contribution in [0.5, 0.6) is 0 Å². The molecule has 0 spiro atoms. The predicted molar refractivity (Wildman–Crippen MR) is 110 cm³/mol. The Kier molecular flexibility index (Phi) is 7.81. The monoisotopic (exact) mass is 386 g/mol. The van der Waals surface area contributed by atoms with Crippen LogP contribution in [0.1, 0.15) is 45.6 Å². The Bertz CT molecular complexity index is 798. The number of carboxylic acid groups (broad SMARTS) is 1. The minimum absolute atomic E-state index is 0.447. The molecule has 0 heterocycles. The van der Waals surface area contributed by atoms with E-state index in [1.807, 2.05) is 51.1 Å². The van der Waals surface area contributed by atoms with Crippen molar-refractivity contribution in [1.29, 1.82) is 0 Å². The van der Waals surface area contributed by atoms with Gasteiger partial charge in [-0.1, -0.05) is 36.4 Å². The molecule has 0 radical (unpaired) electrons. The van der Waals surface area contributed by atoms with Crippen molar-refractivity contribution in [3.8, 4) is 0 Å². The third-order valence-corrected chi connectivity index (χ3v) is 4.25. The second-order valence-electron chi connectivity index (χ2n) is 7.88. The number of unbranched alkanes of at least 4 members (excludes halogenated alkanes) is 1. The lowest BCUT2D eigenvalue weighted by atomic mass is 10.1. The number of amides is 1. The lowest BCUT2D eigenvalue weighted by Crippen LogP contribution is -2.36. The van der Waals surface area contributed by atoms with Gasteiger partial charge in [0, 0.05) is 13.1 Å². The summed E-state index contributed by atoms with van der Waals surface area (Å²) in [6.45, 7) is 6.39. The summed E-state index contributed by atoms with van der Waals surface area (Å²) >= 11 is 0. The molecule has 1 unspecified atom stereocenters. The molecule has 0 aromatic heterocycles. The molecule has 0 fully saturated rings. The molecule has 6 heteroatoms. The van der Waals surface area contributed by atoms with Gasteiger partial charge in [-0.15, -0.1) is 0 Å². The fraction of sp³-hybridized carbons (Fsp3) is 0.455. The molecule has 2 rings (SSSR count). The van der Waals surface area contributed by atoms with Crippen molar-refractivity contribution in [2.45, 2.75) is 58.2 Å². The number of rotatable bonds is 9. The van der Waals surface area contributed by atoms with Crippen molar-refractivity contribution < 1.29 is 19.4 Å². The van der Waals surface area contributed by atoms with E-state index in [-0.39, 0.29) is 0 Å². The largest absolute Gasteiger partial charge is 0.480 e. The maximum absolute atomic E-state index is 11.6. The van der Waals surface area contributed by atoms with Crippen LogP contribution in [0.4, 0.5) is 4.79 Å². The first-order valence-corrected chi connectivity index (χ1v) is 9.65. The maximum Gasteiger partial charge on any atom is 0.407 e. The number of benzene rings is 2. The van der Waals surface area contributed by atoms with E-state index in [1.54, 1.807) is 0 Å². The van der Waals surface area contributed by atoms with E-state index < -0.39 is 23.7 Å². The van der Waals surface area contributed by atoms with Crippen molar-refractivity contribution in [2.75, 3.05) is 6.54 Å². The number of carbonyl (C=O) groups excluding carboxylic acids is 1. The molecule has 0 aliphatic carbocycles. The van der Waals surface area contributed by atoms with E-state index in [0.29, 0.717) is 32.4 Å². The topological polar surface area (TPSA) is 87.7 Å². The van der Waals surface area contributed by atoms with Crippen LogP contribution in [-0.4, -0.2) is 35.4 Å². The number of fused-ring (bicyclic) bond motifs is 1. The number of alkyl carbamates (subject to hydrolysis) is 1. The fourth-order valence-corrected chi connectivity index (χ4v) is 2.88. The Labute approximate surface area is 166 Å². The van der Waals surface area contributed by atoms with E-state index in [2.05, 4.69) is 22.8 Å². The zero-order chi connectivity index (χ0) is 20.6. The van der Waals surface area contributed by atoms with Crippen molar-refractivity contribution in [1.82, 2.24) is 10.6 Å². The van der Waals surface area contributed by atoms with Gasteiger partial charge in [0.15, 0.2) is 0 Å². The Morgan fingerprint density at radius 3 is 2.46 bits per heavy atom. The van der Waals surface area contributed by atoms with Gasteiger partial charge in [0.1, 0.15) is 11.6 Å². The molecule has 28 heavy (non-hydrogen) atoms. The van der Waals surface area contributed by atoms with Crippen LogP contribution < -0.4 is 10.6 Å². The molecule has 1 atom stereocenters. The number of carbonyl (C=O) groups is 2. The zero-order valence-corrected chi connectivity index (χ0v) is 16.8. The van der Waals surface area contributed by atoms with Crippen LogP contribution in [-0.2, 0) is 16.1 Å². The summed E-state index contributed by atoms with van der Waals surface area (Å²) in [6.07, 6.45) is 1.44. The average Bonchev–Trinajstić information content (AvgIpc) is 2.62. The zero-order valence-electron chi connectivity index (χ0n) is 16.8. The number of ether oxygens (including phenoxy) is 1. The summed E-state index contributed by atoms with van der Waals surface area (Å²) in [7, 11) is 0. The van der Waals surface area contributed by atoms with E-state index in [1.165, 1.54) is 5.39 Å². The highest BCUT2D eigenvalue weighted by Gasteiger charge is 2.17. The van der Waals surface area contributed by atoms with Gasteiger partial charge < -0.3 is 20.5 Å². The van der Waals surface area contributed by atoms with Crippen molar-refractivity contribution in [3.05, 3.63) is 48.0 Å². The molecule has 2 aromatic rings. The second kappa shape index (κ2) is 10.1. The van der Waals surface area contributed by atoms with Gasteiger partial charge in [-0.25, -0.2) is 4.79 Å². The van der Waals surface area contributed by atoms with Gasteiger partial charge >= 0.3 is 12.1 Å². The molecular weight excluding hydrogens is 356 g/mol. The van der Waals surface area contributed by atoms with Crippen molar-refractivity contribution >= 4 is 22.8 Å². The van der Waals surface area contributed by atoms with Crippen molar-refractivity contribution in [2.24, 2.45) is 0 Å². The molecule has 0 bridgehead atoms. The van der Waals surface area contributed by atoms with Gasteiger partial charge in [0.25, 0.3) is 0 Å². The number of aliphatic carboxylic acids is 1. The number of carboxylic acids is 1. The minimum atomic E-state index is -0.860.